The molecule has 2 aromatic rings. The van der Waals surface area contributed by atoms with E-state index in [0.717, 1.165) is 6.42 Å². The molecule has 3 rings (SSSR count). The molecule has 2 aromatic heterocycles. The molecule has 1 fully saturated rings. The van der Waals surface area contributed by atoms with Gasteiger partial charge in [-0.05, 0) is 18.6 Å². The number of pyridine rings is 1. The van der Waals surface area contributed by atoms with Crippen molar-refractivity contribution in [1.29, 1.82) is 0 Å². The molecule has 0 spiro atoms. The van der Waals surface area contributed by atoms with E-state index in [1.165, 1.54) is 19.6 Å². The van der Waals surface area contributed by atoms with Gasteiger partial charge in [0.15, 0.2) is 0 Å². The topological polar surface area (TPSA) is 98.3 Å². The summed E-state index contributed by atoms with van der Waals surface area (Å²) < 4.78 is 10.5. The van der Waals surface area contributed by atoms with Gasteiger partial charge in [0.05, 0.1) is 31.4 Å². The van der Waals surface area contributed by atoms with Crippen LogP contribution >= 0.6 is 0 Å². The monoisotopic (exact) mass is 329 g/mol. The lowest BCUT2D eigenvalue weighted by atomic mass is 10.0. The van der Waals surface area contributed by atoms with Gasteiger partial charge in [-0.2, -0.15) is 0 Å². The quantitative estimate of drug-likeness (QED) is 0.840. The van der Waals surface area contributed by atoms with Gasteiger partial charge in [-0.1, -0.05) is 0 Å². The van der Waals surface area contributed by atoms with Crippen LogP contribution in [0.3, 0.4) is 0 Å². The lowest BCUT2D eigenvalue weighted by molar-refractivity contribution is 0.0620. The summed E-state index contributed by atoms with van der Waals surface area (Å²) in [5.74, 6) is 0.998. The van der Waals surface area contributed by atoms with Crippen LogP contribution in [0.5, 0.6) is 5.88 Å². The molecule has 0 bridgehead atoms. The van der Waals surface area contributed by atoms with E-state index in [0.29, 0.717) is 30.5 Å². The molecule has 3 heterocycles. The van der Waals surface area contributed by atoms with Gasteiger partial charge in [-0.15, -0.1) is 0 Å². The van der Waals surface area contributed by atoms with Crippen molar-refractivity contribution in [3.63, 3.8) is 0 Å². The Morgan fingerprint density at radius 3 is 2.92 bits per heavy atom. The van der Waals surface area contributed by atoms with E-state index in [1.54, 1.807) is 24.4 Å². The maximum absolute atomic E-state index is 12.4. The number of aromatic nitrogens is 3. The van der Waals surface area contributed by atoms with Gasteiger partial charge in [0.25, 0.3) is 5.91 Å². The van der Waals surface area contributed by atoms with E-state index in [9.17, 15) is 4.79 Å². The first kappa shape index (κ1) is 16.1. The molecule has 1 aliphatic heterocycles. The van der Waals surface area contributed by atoms with E-state index in [-0.39, 0.29) is 18.0 Å². The number of methoxy groups -OCH3 is 1. The zero-order valence-electron chi connectivity index (χ0n) is 13.3. The smallest absolute Gasteiger partial charge is 0.253 e. The molecule has 24 heavy (non-hydrogen) atoms. The van der Waals surface area contributed by atoms with E-state index in [4.69, 9.17) is 9.47 Å². The number of nitrogens with one attached hydrogen (secondary N) is 2. The van der Waals surface area contributed by atoms with Crippen LogP contribution < -0.4 is 15.4 Å². The SMILES string of the molecule is COc1ccc(C(=O)N[C@H]2CCOC[C@H]2Nc2ccncn2)cn1. The summed E-state index contributed by atoms with van der Waals surface area (Å²) in [7, 11) is 1.54. The Morgan fingerprint density at radius 2 is 2.21 bits per heavy atom. The fraction of sp³-hybridized carbons (Fsp3) is 0.375. The van der Waals surface area contributed by atoms with Crippen LogP contribution in [0.2, 0.25) is 0 Å². The Kier molecular flexibility index (Phi) is 5.17. The molecule has 1 saturated heterocycles. The number of carbonyl (C=O) groups excluding carboxylic acids is 1. The maximum atomic E-state index is 12.4. The second-order valence-electron chi connectivity index (χ2n) is 5.38. The first-order chi connectivity index (χ1) is 11.8. The van der Waals surface area contributed by atoms with Crippen molar-refractivity contribution in [2.24, 2.45) is 0 Å². The Bertz CT molecular complexity index is 665. The number of rotatable bonds is 5. The van der Waals surface area contributed by atoms with Crippen molar-refractivity contribution in [3.8, 4) is 5.88 Å². The number of carbonyl (C=O) groups is 1. The van der Waals surface area contributed by atoms with E-state index >= 15 is 0 Å². The summed E-state index contributed by atoms with van der Waals surface area (Å²) >= 11 is 0. The van der Waals surface area contributed by atoms with Crippen molar-refractivity contribution < 1.29 is 14.3 Å². The number of hydrogen-bond donors (Lipinski definition) is 2. The summed E-state index contributed by atoms with van der Waals surface area (Å²) in [6, 6.07) is 5.00. The zero-order valence-corrected chi connectivity index (χ0v) is 13.3. The van der Waals surface area contributed by atoms with Crippen molar-refractivity contribution in [2.75, 3.05) is 25.6 Å². The largest absolute Gasteiger partial charge is 0.481 e. The minimum atomic E-state index is -0.174. The fourth-order valence-corrected chi connectivity index (χ4v) is 2.51. The number of hydrogen-bond acceptors (Lipinski definition) is 7. The highest BCUT2D eigenvalue weighted by atomic mass is 16.5. The van der Waals surface area contributed by atoms with Crippen molar-refractivity contribution in [2.45, 2.75) is 18.5 Å². The van der Waals surface area contributed by atoms with Gasteiger partial charge in [-0.25, -0.2) is 15.0 Å². The van der Waals surface area contributed by atoms with Crippen LogP contribution in [0.1, 0.15) is 16.8 Å². The molecule has 126 valence electrons. The first-order valence-corrected chi connectivity index (χ1v) is 7.67. The molecule has 0 unspecified atom stereocenters. The zero-order chi connectivity index (χ0) is 16.8. The van der Waals surface area contributed by atoms with Crippen LogP contribution in [0.4, 0.5) is 5.82 Å². The van der Waals surface area contributed by atoms with Crippen LogP contribution in [0, 0.1) is 0 Å². The van der Waals surface area contributed by atoms with Gasteiger partial charge in [0, 0.05) is 25.1 Å². The van der Waals surface area contributed by atoms with Crippen molar-refractivity contribution >= 4 is 11.7 Å². The predicted molar refractivity (Wildman–Crippen MR) is 86.9 cm³/mol. The lowest BCUT2D eigenvalue weighted by Gasteiger charge is -2.33. The van der Waals surface area contributed by atoms with E-state index < -0.39 is 0 Å². The summed E-state index contributed by atoms with van der Waals surface area (Å²) in [6.07, 6.45) is 5.36. The Labute approximate surface area is 139 Å². The first-order valence-electron chi connectivity index (χ1n) is 7.67. The number of anilines is 1. The van der Waals surface area contributed by atoms with Crippen LogP contribution in [-0.4, -0.2) is 53.3 Å². The second-order valence-corrected chi connectivity index (χ2v) is 5.38. The highest BCUT2D eigenvalue weighted by molar-refractivity contribution is 5.94. The van der Waals surface area contributed by atoms with Gasteiger partial charge in [0.1, 0.15) is 12.1 Å². The third-order valence-corrected chi connectivity index (χ3v) is 3.80. The highest BCUT2D eigenvalue weighted by Gasteiger charge is 2.27. The molecule has 8 heteroatoms. The van der Waals surface area contributed by atoms with Gasteiger partial charge < -0.3 is 20.1 Å². The normalized spacial score (nSPS) is 20.2. The number of amides is 1. The Morgan fingerprint density at radius 1 is 1.29 bits per heavy atom. The summed E-state index contributed by atoms with van der Waals surface area (Å²) in [5, 5.41) is 6.32. The summed E-state index contributed by atoms with van der Waals surface area (Å²) in [4.78, 5) is 24.5. The van der Waals surface area contributed by atoms with Crippen molar-refractivity contribution in [3.05, 3.63) is 42.5 Å². The van der Waals surface area contributed by atoms with Crippen LogP contribution in [0.15, 0.2) is 36.9 Å². The van der Waals surface area contributed by atoms with Crippen LogP contribution in [0.25, 0.3) is 0 Å². The lowest BCUT2D eigenvalue weighted by Crippen LogP contribution is -2.52. The maximum Gasteiger partial charge on any atom is 0.253 e. The molecule has 1 amide bonds. The third kappa shape index (κ3) is 3.96. The average Bonchev–Trinajstić information content (AvgIpc) is 2.64. The molecule has 0 aliphatic carbocycles. The molecule has 2 N–H and O–H groups in total. The van der Waals surface area contributed by atoms with Gasteiger partial charge in [-0.3, -0.25) is 4.79 Å². The standard InChI is InChI=1S/C16H19N5O3/c1-23-15-3-2-11(8-18-15)16(22)21-12-5-7-24-9-13(12)20-14-4-6-17-10-19-14/h2-4,6,8,10,12-13H,5,7,9H2,1H3,(H,21,22)(H,17,19,20)/t12-,13+/m0/s1. The molecular weight excluding hydrogens is 310 g/mol. The molecular formula is C16H19N5O3. The second kappa shape index (κ2) is 7.69. The third-order valence-electron chi connectivity index (χ3n) is 3.80. The summed E-state index contributed by atoms with van der Waals surface area (Å²) in [5.41, 5.74) is 0.489. The molecule has 0 aromatic carbocycles. The van der Waals surface area contributed by atoms with Gasteiger partial charge >= 0.3 is 0 Å². The molecule has 8 nitrogen and oxygen atoms in total. The number of nitrogens with zero attached hydrogens (tertiary/aromatic N) is 3. The molecule has 0 saturated carbocycles. The summed E-state index contributed by atoms with van der Waals surface area (Å²) in [6.45, 7) is 1.10. The van der Waals surface area contributed by atoms with Gasteiger partial charge in [0.2, 0.25) is 5.88 Å². The van der Waals surface area contributed by atoms with Crippen LogP contribution in [-0.2, 0) is 4.74 Å². The Balaban J connectivity index is 1.65. The molecule has 1 aliphatic rings. The van der Waals surface area contributed by atoms with Crippen molar-refractivity contribution in [1.82, 2.24) is 20.3 Å². The Hall–Kier alpha value is -2.74. The minimum Gasteiger partial charge on any atom is -0.481 e. The average molecular weight is 329 g/mol. The fourth-order valence-electron chi connectivity index (χ4n) is 2.51. The predicted octanol–water partition coefficient (Wildman–Crippen LogP) is 0.880. The van der Waals surface area contributed by atoms with E-state index in [1.807, 2.05) is 0 Å². The number of ether oxygens (including phenoxy) is 2. The molecule has 2 atom stereocenters. The highest BCUT2D eigenvalue weighted by Crippen LogP contribution is 2.14. The molecule has 0 radical (unpaired) electrons. The van der Waals surface area contributed by atoms with E-state index in [2.05, 4.69) is 25.6 Å². The minimum absolute atomic E-state index is 0.0659.